The van der Waals surface area contributed by atoms with E-state index in [0.717, 1.165) is 28.0 Å². The van der Waals surface area contributed by atoms with Crippen LogP contribution in [-0.4, -0.2) is 12.0 Å². The van der Waals surface area contributed by atoms with Crippen molar-refractivity contribution in [2.45, 2.75) is 38.5 Å². The predicted molar refractivity (Wildman–Crippen MR) is 127 cm³/mol. The van der Waals surface area contributed by atoms with E-state index in [1.807, 2.05) is 7.05 Å². The van der Waals surface area contributed by atoms with Crippen molar-refractivity contribution in [2.75, 3.05) is 17.1 Å². The summed E-state index contributed by atoms with van der Waals surface area (Å²) in [7, 11) is 1.91. The number of hydrogen-bond donors (Lipinski definition) is 2. The van der Waals surface area contributed by atoms with E-state index in [4.69, 9.17) is 0 Å². The van der Waals surface area contributed by atoms with Crippen molar-refractivity contribution in [3.8, 4) is 11.3 Å². The molecule has 1 aromatic carbocycles. The van der Waals surface area contributed by atoms with Crippen LogP contribution in [0.1, 0.15) is 38.5 Å². The Balaban J connectivity index is 1.32. The lowest BCUT2D eigenvalue weighted by Gasteiger charge is -2.25. The Morgan fingerprint density at radius 3 is 2.90 bits per heavy atom. The summed E-state index contributed by atoms with van der Waals surface area (Å²) in [4.78, 5) is 6.02. The van der Waals surface area contributed by atoms with E-state index in [1.54, 1.807) is 34.4 Å². The van der Waals surface area contributed by atoms with E-state index in [0.29, 0.717) is 5.92 Å². The highest BCUT2D eigenvalue weighted by Gasteiger charge is 2.30. The standard InChI is InChI=1S/C24H27N3S2/c1-25-24-26-22(15-28-24)18-8-5-9-19(14-18)27-29-23-11-10-16-12-20(21(23)13-16)17-6-3-2-4-7-17/h5,8-12,14-17,27H,2-4,6-7,13H2,1H3,(H,25,26). The lowest BCUT2D eigenvalue weighted by Crippen LogP contribution is -2.10. The molecule has 1 heterocycles. The number of nitrogens with one attached hydrogen (secondary N) is 2. The average molecular weight is 422 g/mol. The molecule has 1 unspecified atom stereocenters. The van der Waals surface area contributed by atoms with Gasteiger partial charge < -0.3 is 10.0 Å². The Morgan fingerprint density at radius 1 is 1.17 bits per heavy atom. The van der Waals surface area contributed by atoms with Crippen molar-refractivity contribution in [3.05, 3.63) is 63.9 Å². The van der Waals surface area contributed by atoms with Crippen molar-refractivity contribution >= 4 is 34.1 Å². The number of nitrogens with zero attached hydrogens (tertiary/aromatic N) is 1. The Bertz CT molecular complexity index is 980. The lowest BCUT2D eigenvalue weighted by atomic mass is 9.82. The van der Waals surface area contributed by atoms with Crippen molar-refractivity contribution in [1.29, 1.82) is 0 Å². The van der Waals surface area contributed by atoms with E-state index >= 15 is 0 Å². The van der Waals surface area contributed by atoms with Gasteiger partial charge in [0.1, 0.15) is 0 Å². The van der Waals surface area contributed by atoms with Gasteiger partial charge in [0.15, 0.2) is 5.13 Å². The maximum absolute atomic E-state index is 4.63. The number of rotatable bonds is 6. The van der Waals surface area contributed by atoms with Gasteiger partial charge in [0.05, 0.1) is 5.69 Å². The quantitative estimate of drug-likeness (QED) is 0.481. The number of fused-ring (bicyclic) bond motifs is 2. The molecule has 3 aliphatic rings. The number of hydrogen-bond acceptors (Lipinski definition) is 5. The molecule has 0 saturated heterocycles. The van der Waals surface area contributed by atoms with Gasteiger partial charge in [-0.25, -0.2) is 4.98 Å². The van der Waals surface area contributed by atoms with Gasteiger partial charge in [0.2, 0.25) is 0 Å². The van der Waals surface area contributed by atoms with Crippen LogP contribution in [-0.2, 0) is 0 Å². The molecular weight excluding hydrogens is 394 g/mol. The van der Waals surface area contributed by atoms with Crippen molar-refractivity contribution in [3.63, 3.8) is 0 Å². The summed E-state index contributed by atoms with van der Waals surface area (Å²) in [5.74, 6) is 1.41. The maximum atomic E-state index is 4.63. The number of thiazole rings is 1. The molecule has 5 rings (SSSR count). The van der Waals surface area contributed by atoms with Crippen molar-refractivity contribution in [1.82, 2.24) is 4.98 Å². The zero-order valence-electron chi connectivity index (χ0n) is 16.8. The van der Waals surface area contributed by atoms with Crippen LogP contribution in [0.25, 0.3) is 11.3 Å². The van der Waals surface area contributed by atoms with Gasteiger partial charge in [-0.3, -0.25) is 0 Å². The van der Waals surface area contributed by atoms with E-state index in [9.17, 15) is 0 Å². The van der Waals surface area contributed by atoms with E-state index < -0.39 is 0 Å². The molecule has 2 aromatic rings. The Hall–Kier alpha value is -1.98. The smallest absolute Gasteiger partial charge is 0.182 e. The summed E-state index contributed by atoms with van der Waals surface area (Å²) >= 11 is 3.40. The Kier molecular flexibility index (Phi) is 5.51. The molecule has 1 aromatic heterocycles. The van der Waals surface area contributed by atoms with Gasteiger partial charge in [-0.15, -0.1) is 11.3 Å². The zero-order chi connectivity index (χ0) is 19.6. The Morgan fingerprint density at radius 2 is 2.07 bits per heavy atom. The molecule has 0 amide bonds. The molecule has 0 aliphatic heterocycles. The SMILES string of the molecule is CNc1nc(-c2cccc(NSC3=C4CC(C=C3)C=C4C3CCCCC3)c2)cs1. The Labute approximate surface area is 181 Å². The molecule has 3 nitrogen and oxygen atoms in total. The number of allylic oxidation sites excluding steroid dienone is 5. The first-order valence-corrected chi connectivity index (χ1v) is 12.3. The molecule has 3 aliphatic carbocycles. The molecular formula is C24H27N3S2. The van der Waals surface area contributed by atoms with E-state index in [2.05, 4.69) is 62.9 Å². The first-order valence-electron chi connectivity index (χ1n) is 10.6. The first kappa shape index (κ1) is 19.0. The monoisotopic (exact) mass is 421 g/mol. The van der Waals surface area contributed by atoms with E-state index in [-0.39, 0.29) is 0 Å². The highest BCUT2D eigenvalue weighted by atomic mass is 32.2. The normalized spacial score (nSPS) is 21.4. The molecule has 1 saturated carbocycles. The minimum atomic E-state index is 0.626. The van der Waals surface area contributed by atoms with Crippen LogP contribution < -0.4 is 10.0 Å². The molecule has 29 heavy (non-hydrogen) atoms. The molecule has 2 N–H and O–H groups in total. The second-order valence-corrected chi connectivity index (χ2v) is 9.81. The second kappa shape index (κ2) is 8.41. The third-order valence-corrected chi connectivity index (χ3v) is 7.97. The summed E-state index contributed by atoms with van der Waals surface area (Å²) in [5, 5.41) is 6.17. The minimum absolute atomic E-state index is 0.626. The van der Waals surface area contributed by atoms with Gasteiger partial charge in [0.25, 0.3) is 0 Å². The summed E-state index contributed by atoms with van der Waals surface area (Å²) in [6.07, 6.45) is 15.4. The van der Waals surface area contributed by atoms with Gasteiger partial charge >= 0.3 is 0 Å². The molecule has 150 valence electrons. The van der Waals surface area contributed by atoms with Crippen LogP contribution >= 0.6 is 23.3 Å². The third kappa shape index (κ3) is 4.03. The summed E-state index contributed by atoms with van der Waals surface area (Å²) in [6, 6.07) is 8.55. The fourth-order valence-electron chi connectivity index (χ4n) is 4.69. The van der Waals surface area contributed by atoms with Crippen molar-refractivity contribution in [2.24, 2.45) is 11.8 Å². The number of benzene rings is 1. The van der Waals surface area contributed by atoms with Gasteiger partial charge in [-0.2, -0.15) is 0 Å². The fraction of sp³-hybridized carbons (Fsp3) is 0.375. The highest BCUT2D eigenvalue weighted by Crippen LogP contribution is 2.47. The molecule has 0 radical (unpaired) electrons. The van der Waals surface area contributed by atoms with Gasteiger partial charge in [-0.05, 0) is 72.4 Å². The van der Waals surface area contributed by atoms with Crippen LogP contribution in [0.4, 0.5) is 10.8 Å². The van der Waals surface area contributed by atoms with Crippen LogP contribution in [0.2, 0.25) is 0 Å². The highest BCUT2D eigenvalue weighted by molar-refractivity contribution is 8.04. The zero-order valence-corrected chi connectivity index (χ0v) is 18.4. The molecule has 0 spiro atoms. The summed E-state index contributed by atoms with van der Waals surface area (Å²) in [6.45, 7) is 0. The van der Waals surface area contributed by atoms with Crippen LogP contribution in [0, 0.1) is 11.8 Å². The van der Waals surface area contributed by atoms with Crippen molar-refractivity contribution < 1.29 is 0 Å². The molecule has 1 fully saturated rings. The topological polar surface area (TPSA) is 37.0 Å². The number of anilines is 2. The molecule has 1 atom stereocenters. The van der Waals surface area contributed by atoms with Crippen LogP contribution in [0.5, 0.6) is 0 Å². The average Bonchev–Trinajstić information content (AvgIpc) is 3.39. The second-order valence-electron chi connectivity index (χ2n) is 8.10. The largest absolute Gasteiger partial charge is 0.365 e. The summed E-state index contributed by atoms with van der Waals surface area (Å²) in [5.41, 5.74) is 6.54. The van der Waals surface area contributed by atoms with E-state index in [1.165, 1.54) is 43.4 Å². The van der Waals surface area contributed by atoms with Crippen LogP contribution in [0.3, 0.4) is 0 Å². The molecule has 2 bridgehead atoms. The first-order chi connectivity index (χ1) is 14.3. The van der Waals surface area contributed by atoms with Crippen LogP contribution in [0.15, 0.2) is 63.9 Å². The third-order valence-electron chi connectivity index (χ3n) is 6.17. The summed E-state index contributed by atoms with van der Waals surface area (Å²) < 4.78 is 3.59. The predicted octanol–water partition coefficient (Wildman–Crippen LogP) is 7.26. The number of aromatic nitrogens is 1. The van der Waals surface area contributed by atoms with Gasteiger partial charge in [-0.1, -0.05) is 43.5 Å². The minimum Gasteiger partial charge on any atom is -0.365 e. The van der Waals surface area contributed by atoms with Gasteiger partial charge in [0, 0.05) is 28.6 Å². The maximum Gasteiger partial charge on any atom is 0.182 e. The lowest BCUT2D eigenvalue weighted by molar-refractivity contribution is 0.406. The fourth-order valence-corrected chi connectivity index (χ4v) is 6.20. The molecule has 5 heteroatoms.